The van der Waals surface area contributed by atoms with Crippen LogP contribution in [-0.4, -0.2) is 40.2 Å². The normalized spacial score (nSPS) is 17.6. The Morgan fingerprint density at radius 3 is 3.04 bits per heavy atom. The fraction of sp³-hybridized carbons (Fsp3) is 0.278. The number of halogens is 1. The molecule has 0 aliphatic carbocycles. The summed E-state index contributed by atoms with van der Waals surface area (Å²) in [6.07, 6.45) is 2.66. The van der Waals surface area contributed by atoms with Gasteiger partial charge in [0.15, 0.2) is 11.8 Å². The second kappa shape index (κ2) is 6.84. The van der Waals surface area contributed by atoms with Crippen LogP contribution in [0.3, 0.4) is 0 Å². The zero-order valence-corrected chi connectivity index (χ0v) is 14.7. The lowest BCUT2D eigenvalue weighted by molar-refractivity contribution is -0.124. The summed E-state index contributed by atoms with van der Waals surface area (Å²) in [5, 5.41) is 7.44. The van der Waals surface area contributed by atoms with Gasteiger partial charge in [-0.15, -0.1) is 0 Å². The molecule has 0 saturated heterocycles. The first-order chi connectivity index (χ1) is 13.0. The van der Waals surface area contributed by atoms with Crippen molar-refractivity contribution in [2.75, 3.05) is 18.5 Å². The molecule has 0 spiro atoms. The Balaban J connectivity index is 1.79. The second-order valence-electron chi connectivity index (χ2n) is 6.47. The molecule has 2 bridgehead atoms. The Morgan fingerprint density at radius 2 is 2.22 bits per heavy atom. The van der Waals surface area contributed by atoms with E-state index in [-0.39, 0.29) is 12.4 Å². The molecular weight excluding hydrogens is 351 g/mol. The van der Waals surface area contributed by atoms with Crippen LogP contribution < -0.4 is 20.7 Å². The van der Waals surface area contributed by atoms with Crippen molar-refractivity contribution in [3.63, 3.8) is 0 Å². The minimum atomic E-state index is -0.887. The standard InChI is InChI=1S/C18H19FN6O2/c1-24-10-11-6-13(19)2-3-14(11)27-15(17(20)26)9-21-7-12-8-22-25-5-4-16(24)23-18(12)25/h2-6,8,15,21H,7,9-10H2,1H3,(H2,20,26). The van der Waals surface area contributed by atoms with E-state index in [1.54, 1.807) is 10.7 Å². The van der Waals surface area contributed by atoms with Gasteiger partial charge >= 0.3 is 0 Å². The van der Waals surface area contributed by atoms with Gasteiger partial charge in [0.25, 0.3) is 5.91 Å². The second-order valence-corrected chi connectivity index (χ2v) is 6.47. The summed E-state index contributed by atoms with van der Waals surface area (Å²) in [5.41, 5.74) is 7.68. The number of nitrogens with one attached hydrogen (secondary N) is 1. The molecule has 140 valence electrons. The number of ether oxygens (including phenoxy) is 1. The van der Waals surface area contributed by atoms with Gasteiger partial charge in [0.1, 0.15) is 17.4 Å². The van der Waals surface area contributed by atoms with Crippen molar-refractivity contribution in [2.24, 2.45) is 5.73 Å². The minimum Gasteiger partial charge on any atom is -0.479 e. The van der Waals surface area contributed by atoms with Gasteiger partial charge in [-0.05, 0) is 24.3 Å². The first-order valence-electron chi connectivity index (χ1n) is 8.51. The molecule has 27 heavy (non-hydrogen) atoms. The van der Waals surface area contributed by atoms with Crippen LogP contribution in [0.4, 0.5) is 10.2 Å². The molecule has 1 aliphatic rings. The van der Waals surface area contributed by atoms with Crippen LogP contribution in [0, 0.1) is 5.82 Å². The summed E-state index contributed by atoms with van der Waals surface area (Å²) in [6, 6.07) is 6.03. The average molecular weight is 370 g/mol. The van der Waals surface area contributed by atoms with E-state index in [1.165, 1.54) is 18.2 Å². The molecule has 0 saturated carbocycles. The van der Waals surface area contributed by atoms with Gasteiger partial charge in [0.05, 0.1) is 6.20 Å². The lowest BCUT2D eigenvalue weighted by Crippen LogP contribution is -2.42. The number of benzene rings is 1. The Bertz CT molecular complexity index is 1000. The van der Waals surface area contributed by atoms with E-state index < -0.39 is 12.0 Å². The Morgan fingerprint density at radius 1 is 1.37 bits per heavy atom. The molecule has 1 unspecified atom stereocenters. The summed E-state index contributed by atoms with van der Waals surface area (Å²) >= 11 is 0. The predicted molar refractivity (Wildman–Crippen MR) is 96.8 cm³/mol. The van der Waals surface area contributed by atoms with Crippen LogP contribution in [0.1, 0.15) is 11.1 Å². The van der Waals surface area contributed by atoms with Gasteiger partial charge < -0.3 is 20.7 Å². The van der Waals surface area contributed by atoms with E-state index in [9.17, 15) is 9.18 Å². The van der Waals surface area contributed by atoms with Crippen LogP contribution in [0.25, 0.3) is 5.65 Å². The molecule has 1 aliphatic heterocycles. The van der Waals surface area contributed by atoms with E-state index in [0.717, 1.165) is 5.56 Å². The third kappa shape index (κ3) is 3.41. The molecule has 1 amide bonds. The number of nitrogens with zero attached hydrogens (tertiary/aromatic N) is 4. The zero-order chi connectivity index (χ0) is 19.0. The summed E-state index contributed by atoms with van der Waals surface area (Å²) in [7, 11) is 1.85. The van der Waals surface area contributed by atoms with Crippen molar-refractivity contribution in [1.29, 1.82) is 0 Å². The summed E-state index contributed by atoms with van der Waals surface area (Å²) in [4.78, 5) is 18.4. The molecule has 9 heteroatoms. The van der Waals surface area contributed by atoms with Crippen LogP contribution in [-0.2, 0) is 17.9 Å². The number of anilines is 1. The van der Waals surface area contributed by atoms with Crippen LogP contribution in [0.5, 0.6) is 5.75 Å². The molecule has 1 atom stereocenters. The van der Waals surface area contributed by atoms with Crippen LogP contribution in [0.2, 0.25) is 0 Å². The number of hydrogen-bond donors (Lipinski definition) is 2. The Kier molecular flexibility index (Phi) is 4.36. The van der Waals surface area contributed by atoms with Crippen molar-refractivity contribution < 1.29 is 13.9 Å². The molecule has 3 aromatic rings. The van der Waals surface area contributed by atoms with E-state index in [0.29, 0.717) is 35.9 Å². The number of aromatic nitrogens is 3. The van der Waals surface area contributed by atoms with Gasteiger partial charge in [-0.1, -0.05) is 0 Å². The zero-order valence-electron chi connectivity index (χ0n) is 14.7. The highest BCUT2D eigenvalue weighted by molar-refractivity contribution is 5.79. The number of rotatable bonds is 1. The summed E-state index contributed by atoms with van der Waals surface area (Å²) < 4.78 is 21.3. The number of nitrogens with two attached hydrogens (primary N) is 1. The molecule has 0 radical (unpaired) electrons. The number of amides is 1. The molecule has 8 nitrogen and oxygen atoms in total. The molecular formula is C18H19FN6O2. The smallest absolute Gasteiger partial charge is 0.259 e. The lowest BCUT2D eigenvalue weighted by Gasteiger charge is -2.22. The van der Waals surface area contributed by atoms with Crippen LogP contribution in [0.15, 0.2) is 36.7 Å². The van der Waals surface area contributed by atoms with Gasteiger partial charge in [0.2, 0.25) is 0 Å². The maximum absolute atomic E-state index is 13.8. The minimum absolute atomic E-state index is 0.207. The number of fused-ring (bicyclic) bond motifs is 2. The SMILES string of the molecule is CN1Cc2cc(F)ccc2OC(C(N)=O)CNCc2cnn3ccc1nc23. The van der Waals surface area contributed by atoms with Gasteiger partial charge in [-0.3, -0.25) is 4.79 Å². The highest BCUT2D eigenvalue weighted by Crippen LogP contribution is 2.25. The van der Waals surface area contributed by atoms with Crippen molar-refractivity contribution in [2.45, 2.75) is 19.2 Å². The van der Waals surface area contributed by atoms with Gasteiger partial charge in [-0.25, -0.2) is 13.9 Å². The summed E-state index contributed by atoms with van der Waals surface area (Å²) in [6.45, 7) is 1.00. The fourth-order valence-corrected chi connectivity index (χ4v) is 3.06. The summed E-state index contributed by atoms with van der Waals surface area (Å²) in [5.74, 6) is 0.146. The lowest BCUT2D eigenvalue weighted by atomic mass is 10.1. The quantitative estimate of drug-likeness (QED) is 0.659. The fourth-order valence-electron chi connectivity index (χ4n) is 3.06. The van der Waals surface area contributed by atoms with E-state index in [1.807, 2.05) is 24.2 Å². The number of primary amides is 1. The number of hydrogen-bond acceptors (Lipinski definition) is 6. The Hall–Kier alpha value is -3.20. The predicted octanol–water partition coefficient (Wildman–Crippen LogP) is 0.841. The highest BCUT2D eigenvalue weighted by atomic mass is 19.1. The van der Waals surface area contributed by atoms with E-state index >= 15 is 0 Å². The largest absolute Gasteiger partial charge is 0.479 e. The first kappa shape index (κ1) is 17.2. The Labute approximate surface area is 154 Å². The maximum atomic E-state index is 13.8. The average Bonchev–Trinajstić information content (AvgIpc) is 3.04. The van der Waals surface area contributed by atoms with Crippen molar-refractivity contribution >= 4 is 17.4 Å². The van der Waals surface area contributed by atoms with E-state index in [2.05, 4.69) is 15.4 Å². The molecule has 3 heterocycles. The number of carbonyl (C=O) groups excluding carboxylic acids is 1. The monoisotopic (exact) mass is 370 g/mol. The topological polar surface area (TPSA) is 97.8 Å². The van der Waals surface area contributed by atoms with Crippen molar-refractivity contribution in [3.05, 3.63) is 53.6 Å². The maximum Gasteiger partial charge on any atom is 0.259 e. The number of carbonyl (C=O) groups is 1. The third-order valence-electron chi connectivity index (χ3n) is 4.48. The van der Waals surface area contributed by atoms with Crippen LogP contribution >= 0.6 is 0 Å². The van der Waals surface area contributed by atoms with E-state index in [4.69, 9.17) is 10.5 Å². The molecule has 0 fully saturated rings. The third-order valence-corrected chi connectivity index (χ3v) is 4.48. The molecule has 3 N–H and O–H groups in total. The van der Waals surface area contributed by atoms with Crippen molar-refractivity contribution in [3.8, 4) is 5.75 Å². The molecule has 2 aromatic heterocycles. The van der Waals surface area contributed by atoms with Crippen molar-refractivity contribution in [1.82, 2.24) is 19.9 Å². The first-order valence-corrected chi connectivity index (χ1v) is 8.51. The van der Waals surface area contributed by atoms with Gasteiger partial charge in [0, 0.05) is 44.0 Å². The molecule has 1 aromatic carbocycles. The highest BCUT2D eigenvalue weighted by Gasteiger charge is 2.21. The van der Waals surface area contributed by atoms with Gasteiger partial charge in [-0.2, -0.15) is 5.10 Å². The molecule has 4 rings (SSSR count).